The number of amides is 1. The van der Waals surface area contributed by atoms with E-state index in [4.69, 9.17) is 17.3 Å². The van der Waals surface area contributed by atoms with E-state index in [-0.39, 0.29) is 11.9 Å². The molecule has 0 spiro atoms. The minimum Gasteiger partial charge on any atom is -0.342 e. The quantitative estimate of drug-likeness (QED) is 0.839. The summed E-state index contributed by atoms with van der Waals surface area (Å²) < 4.78 is 0. The average Bonchev–Trinajstić information content (AvgIpc) is 2.41. The lowest BCUT2D eigenvalue weighted by molar-refractivity contribution is -0.132. The topological polar surface area (TPSA) is 49.6 Å². The molecule has 2 N–H and O–H groups in total. The van der Waals surface area contributed by atoms with Crippen LogP contribution in [0.5, 0.6) is 0 Å². The molecule has 1 unspecified atom stereocenters. The molecule has 0 saturated carbocycles. The number of hydrogen-bond donors (Lipinski definition) is 1. The van der Waals surface area contributed by atoms with Crippen molar-refractivity contribution in [2.75, 3.05) is 33.2 Å². The fraction of sp³-hybridized carbons (Fsp3) is 0.533. The first-order valence-electron chi connectivity index (χ1n) is 6.97. The maximum absolute atomic E-state index is 12.2. The minimum atomic E-state index is -0.00628. The fourth-order valence-corrected chi connectivity index (χ4v) is 2.48. The van der Waals surface area contributed by atoms with Gasteiger partial charge >= 0.3 is 0 Å². The molecule has 0 aliphatic carbocycles. The Labute approximate surface area is 126 Å². The highest BCUT2D eigenvalue weighted by Gasteiger charge is 2.20. The first-order valence-corrected chi connectivity index (χ1v) is 7.34. The Hall–Kier alpha value is -1.10. The van der Waals surface area contributed by atoms with Crippen LogP contribution in [0.25, 0.3) is 0 Å². The van der Waals surface area contributed by atoms with Gasteiger partial charge in [0.1, 0.15) is 0 Å². The van der Waals surface area contributed by atoms with Gasteiger partial charge in [-0.25, -0.2) is 0 Å². The highest BCUT2D eigenvalue weighted by molar-refractivity contribution is 6.30. The van der Waals surface area contributed by atoms with E-state index in [1.165, 1.54) is 0 Å². The zero-order chi connectivity index (χ0) is 15.1. The first-order chi connectivity index (χ1) is 9.53. The van der Waals surface area contributed by atoms with E-state index in [1.807, 2.05) is 55.0 Å². The molecule has 0 aliphatic rings. The minimum absolute atomic E-state index is 0.00628. The summed E-state index contributed by atoms with van der Waals surface area (Å²) in [4.78, 5) is 16.0. The Morgan fingerprint density at radius 3 is 2.50 bits per heavy atom. The van der Waals surface area contributed by atoms with Crippen molar-refractivity contribution in [2.45, 2.75) is 19.9 Å². The van der Waals surface area contributed by atoms with E-state index in [0.29, 0.717) is 18.1 Å². The maximum atomic E-state index is 12.2. The zero-order valence-corrected chi connectivity index (χ0v) is 13.2. The van der Waals surface area contributed by atoms with Crippen LogP contribution < -0.4 is 5.73 Å². The predicted octanol–water partition coefficient (Wildman–Crippen LogP) is 2.14. The monoisotopic (exact) mass is 297 g/mol. The van der Waals surface area contributed by atoms with Crippen LogP contribution in [0, 0.1) is 0 Å². The number of halogens is 1. The number of benzene rings is 1. The van der Waals surface area contributed by atoms with Crippen LogP contribution in [0.4, 0.5) is 0 Å². The Bertz CT molecular complexity index is 435. The average molecular weight is 298 g/mol. The lowest BCUT2D eigenvalue weighted by atomic mass is 10.1. The number of carbonyl (C=O) groups excluding carboxylic acids is 1. The van der Waals surface area contributed by atoms with Crippen LogP contribution in [-0.2, 0) is 4.79 Å². The van der Waals surface area contributed by atoms with Gasteiger partial charge in [-0.05, 0) is 38.6 Å². The van der Waals surface area contributed by atoms with Gasteiger partial charge in [0.15, 0.2) is 0 Å². The van der Waals surface area contributed by atoms with Gasteiger partial charge in [0.05, 0.1) is 6.54 Å². The van der Waals surface area contributed by atoms with Crippen LogP contribution in [0.15, 0.2) is 24.3 Å². The van der Waals surface area contributed by atoms with E-state index >= 15 is 0 Å². The van der Waals surface area contributed by atoms with Crippen LogP contribution >= 0.6 is 11.6 Å². The van der Waals surface area contributed by atoms with E-state index < -0.39 is 0 Å². The molecule has 1 aromatic carbocycles. The second-order valence-corrected chi connectivity index (χ2v) is 5.22. The number of nitrogens with zero attached hydrogens (tertiary/aromatic N) is 2. The van der Waals surface area contributed by atoms with Crippen LogP contribution in [0.2, 0.25) is 5.02 Å². The zero-order valence-electron chi connectivity index (χ0n) is 12.5. The molecule has 4 nitrogen and oxygen atoms in total. The van der Waals surface area contributed by atoms with Gasteiger partial charge < -0.3 is 10.6 Å². The molecular weight excluding hydrogens is 274 g/mol. The summed E-state index contributed by atoms with van der Waals surface area (Å²) in [5, 5.41) is 0.685. The molecule has 1 rings (SSSR count). The van der Waals surface area contributed by atoms with Crippen molar-refractivity contribution in [3.05, 3.63) is 34.9 Å². The highest BCUT2D eigenvalue weighted by Crippen LogP contribution is 2.21. The maximum Gasteiger partial charge on any atom is 0.236 e. The van der Waals surface area contributed by atoms with E-state index in [9.17, 15) is 4.79 Å². The van der Waals surface area contributed by atoms with Crippen LogP contribution in [-0.4, -0.2) is 48.9 Å². The molecule has 1 aromatic rings. The van der Waals surface area contributed by atoms with E-state index in [2.05, 4.69) is 0 Å². The number of likely N-dealkylation sites (N-methyl/N-ethyl adjacent to an activating group) is 2. The van der Waals surface area contributed by atoms with Crippen molar-refractivity contribution in [1.29, 1.82) is 0 Å². The molecule has 1 amide bonds. The fourth-order valence-electron chi connectivity index (χ4n) is 2.28. The third kappa shape index (κ3) is 4.47. The van der Waals surface area contributed by atoms with Gasteiger partial charge in [0.25, 0.3) is 0 Å². The molecule has 1 atom stereocenters. The summed E-state index contributed by atoms with van der Waals surface area (Å²) in [6.45, 7) is 6.23. The lowest BCUT2D eigenvalue weighted by Gasteiger charge is -2.29. The molecule has 0 aliphatic heterocycles. The number of hydrogen-bond acceptors (Lipinski definition) is 3. The molecule has 0 radical (unpaired) electrons. The van der Waals surface area contributed by atoms with Gasteiger partial charge in [-0.2, -0.15) is 0 Å². The summed E-state index contributed by atoms with van der Waals surface area (Å²) >= 11 is 6.02. The molecule has 5 heteroatoms. The van der Waals surface area contributed by atoms with Gasteiger partial charge in [-0.15, -0.1) is 0 Å². The van der Waals surface area contributed by atoms with Crippen molar-refractivity contribution in [1.82, 2.24) is 9.80 Å². The summed E-state index contributed by atoms with van der Waals surface area (Å²) in [7, 11) is 1.92. The molecule has 0 fully saturated rings. The number of rotatable bonds is 7. The Balaban J connectivity index is 2.77. The van der Waals surface area contributed by atoms with Crippen molar-refractivity contribution in [3.8, 4) is 0 Å². The normalized spacial score (nSPS) is 12.5. The van der Waals surface area contributed by atoms with Crippen LogP contribution in [0.3, 0.4) is 0 Å². The number of carbonyl (C=O) groups is 1. The Kier molecular flexibility index (Phi) is 6.99. The summed E-state index contributed by atoms with van der Waals surface area (Å²) in [5.41, 5.74) is 6.90. The standard InChI is InChI=1S/C15H24ClN3O/c1-4-19(5-2)15(20)11-18(3)14(10-17)12-7-6-8-13(16)9-12/h6-9,14H,4-5,10-11,17H2,1-3H3. The summed E-state index contributed by atoms with van der Waals surface area (Å²) in [6.07, 6.45) is 0. The van der Waals surface area contributed by atoms with Gasteiger partial charge in [-0.3, -0.25) is 9.69 Å². The van der Waals surface area contributed by atoms with Crippen molar-refractivity contribution in [2.24, 2.45) is 5.73 Å². The molecule has 0 saturated heterocycles. The second-order valence-electron chi connectivity index (χ2n) is 4.79. The third-order valence-corrected chi connectivity index (χ3v) is 3.72. The molecule has 112 valence electrons. The van der Waals surface area contributed by atoms with E-state index in [0.717, 1.165) is 18.7 Å². The summed E-state index contributed by atoms with van der Waals surface area (Å²) in [5.74, 6) is 0.123. The van der Waals surface area contributed by atoms with Gasteiger partial charge in [0, 0.05) is 30.7 Å². The van der Waals surface area contributed by atoms with Crippen molar-refractivity contribution in [3.63, 3.8) is 0 Å². The third-order valence-electron chi connectivity index (χ3n) is 3.49. The molecule has 0 aromatic heterocycles. The largest absolute Gasteiger partial charge is 0.342 e. The smallest absolute Gasteiger partial charge is 0.236 e. The lowest BCUT2D eigenvalue weighted by Crippen LogP contribution is -2.41. The molecule has 20 heavy (non-hydrogen) atoms. The van der Waals surface area contributed by atoms with Crippen molar-refractivity contribution >= 4 is 17.5 Å². The van der Waals surface area contributed by atoms with E-state index in [1.54, 1.807) is 0 Å². The molecular formula is C15H24ClN3O. The molecule has 0 heterocycles. The van der Waals surface area contributed by atoms with Crippen molar-refractivity contribution < 1.29 is 4.79 Å². The summed E-state index contributed by atoms with van der Waals surface area (Å²) in [6, 6.07) is 7.62. The Morgan fingerprint density at radius 2 is 2.00 bits per heavy atom. The highest BCUT2D eigenvalue weighted by atomic mass is 35.5. The Morgan fingerprint density at radius 1 is 1.35 bits per heavy atom. The first kappa shape index (κ1) is 17.0. The van der Waals surface area contributed by atoms with Gasteiger partial charge in [-0.1, -0.05) is 23.7 Å². The molecule has 0 bridgehead atoms. The SMILES string of the molecule is CCN(CC)C(=O)CN(C)C(CN)c1cccc(Cl)c1. The number of nitrogens with two attached hydrogens (primary N) is 1. The van der Waals surface area contributed by atoms with Crippen LogP contribution in [0.1, 0.15) is 25.5 Å². The second kappa shape index (κ2) is 8.25. The predicted molar refractivity (Wildman–Crippen MR) is 83.8 cm³/mol. The van der Waals surface area contributed by atoms with Gasteiger partial charge in [0.2, 0.25) is 5.91 Å².